The van der Waals surface area contributed by atoms with Crippen molar-refractivity contribution in [1.29, 1.82) is 0 Å². The lowest BCUT2D eigenvalue weighted by Gasteiger charge is -2.16. The molecule has 1 aliphatic heterocycles. The molecule has 5 heteroatoms. The molecule has 1 aliphatic rings. The van der Waals surface area contributed by atoms with Gasteiger partial charge in [0.05, 0.1) is 16.7 Å². The first-order valence-corrected chi connectivity index (χ1v) is 9.18. The molecule has 0 bridgehead atoms. The highest BCUT2D eigenvalue weighted by Crippen LogP contribution is 2.29. The van der Waals surface area contributed by atoms with Crippen LogP contribution in [0.5, 0.6) is 0 Å². The van der Waals surface area contributed by atoms with Gasteiger partial charge in [0, 0.05) is 0 Å². The zero-order valence-electron chi connectivity index (χ0n) is 15.3. The Morgan fingerprint density at radius 2 is 1.21 bits per heavy atom. The van der Waals surface area contributed by atoms with E-state index in [2.05, 4.69) is 0 Å². The predicted octanol–water partition coefficient (Wildman–Crippen LogP) is 4.40. The summed E-state index contributed by atoms with van der Waals surface area (Å²) in [7, 11) is 0. The average Bonchev–Trinajstić information content (AvgIpc) is 3.00. The average molecular weight is 381 g/mol. The van der Waals surface area contributed by atoms with E-state index in [0.29, 0.717) is 16.7 Å². The first kappa shape index (κ1) is 17.1. The number of nitrogens with zero attached hydrogens (tertiary/aromatic N) is 1. The maximum absolute atomic E-state index is 13.0. The number of fused-ring (bicyclic) bond motifs is 3. The third kappa shape index (κ3) is 2.67. The lowest BCUT2D eigenvalue weighted by molar-refractivity contribution is 0.0231. The number of hydrogen-bond acceptors (Lipinski definition) is 4. The summed E-state index contributed by atoms with van der Waals surface area (Å²) in [4.78, 5) is 39.0. The highest BCUT2D eigenvalue weighted by molar-refractivity contribution is 6.21. The molecule has 0 radical (unpaired) electrons. The summed E-state index contributed by atoms with van der Waals surface area (Å²) >= 11 is 0. The molecule has 4 aromatic carbocycles. The molecule has 29 heavy (non-hydrogen) atoms. The van der Waals surface area contributed by atoms with Crippen LogP contribution in [-0.4, -0.2) is 29.4 Å². The van der Waals surface area contributed by atoms with Crippen LogP contribution in [0.2, 0.25) is 0 Å². The van der Waals surface area contributed by atoms with Crippen LogP contribution in [-0.2, 0) is 4.74 Å². The van der Waals surface area contributed by atoms with E-state index in [-0.39, 0.29) is 0 Å². The number of esters is 1. The molecule has 5 rings (SSSR count). The molecule has 0 saturated carbocycles. The maximum Gasteiger partial charge on any atom is 0.341 e. The molecule has 0 fully saturated rings. The standard InChI is InChI=1S/C24H15NO4/c26-22-19-11-5-6-12-20(19)23(27)25(22)14-29-24(28)21-17-9-3-1-7-15(17)13-16-8-2-4-10-18(16)21/h1-13H,14H2. The van der Waals surface area contributed by atoms with E-state index in [4.69, 9.17) is 4.74 Å². The van der Waals surface area contributed by atoms with Gasteiger partial charge in [-0.15, -0.1) is 0 Å². The van der Waals surface area contributed by atoms with Crippen LogP contribution in [0.3, 0.4) is 0 Å². The molecule has 0 spiro atoms. The van der Waals surface area contributed by atoms with E-state index in [1.54, 1.807) is 24.3 Å². The van der Waals surface area contributed by atoms with Crippen LogP contribution in [0.25, 0.3) is 21.5 Å². The van der Waals surface area contributed by atoms with Crippen molar-refractivity contribution in [3.8, 4) is 0 Å². The van der Waals surface area contributed by atoms with Crippen molar-refractivity contribution < 1.29 is 19.1 Å². The molecule has 1 heterocycles. The fourth-order valence-corrected chi connectivity index (χ4v) is 3.79. The monoisotopic (exact) mass is 381 g/mol. The van der Waals surface area contributed by atoms with Crippen LogP contribution in [0.1, 0.15) is 31.1 Å². The third-order valence-corrected chi connectivity index (χ3v) is 5.18. The Morgan fingerprint density at radius 3 is 1.76 bits per heavy atom. The summed E-state index contributed by atoms with van der Waals surface area (Å²) in [5, 5.41) is 3.36. The quantitative estimate of drug-likeness (QED) is 0.300. The molecule has 5 nitrogen and oxygen atoms in total. The summed E-state index contributed by atoms with van der Waals surface area (Å²) in [5.74, 6) is -1.49. The van der Waals surface area contributed by atoms with Gasteiger partial charge in [-0.05, 0) is 39.7 Å². The van der Waals surface area contributed by atoms with Crippen molar-refractivity contribution in [1.82, 2.24) is 4.90 Å². The number of carbonyl (C=O) groups is 3. The minimum atomic E-state index is -0.574. The van der Waals surface area contributed by atoms with Crippen molar-refractivity contribution in [2.24, 2.45) is 0 Å². The van der Waals surface area contributed by atoms with E-state index in [1.807, 2.05) is 54.6 Å². The van der Waals surface area contributed by atoms with Crippen LogP contribution >= 0.6 is 0 Å². The Bertz CT molecular complexity index is 1240. The van der Waals surface area contributed by atoms with E-state index < -0.39 is 24.5 Å². The van der Waals surface area contributed by atoms with Gasteiger partial charge in [0.2, 0.25) is 0 Å². The van der Waals surface area contributed by atoms with E-state index in [9.17, 15) is 14.4 Å². The second-order valence-electron chi connectivity index (χ2n) is 6.84. The Hall–Kier alpha value is -3.99. The van der Waals surface area contributed by atoms with Gasteiger partial charge in [-0.25, -0.2) is 9.69 Å². The molecule has 0 saturated heterocycles. The van der Waals surface area contributed by atoms with Gasteiger partial charge in [0.1, 0.15) is 0 Å². The van der Waals surface area contributed by atoms with Crippen LogP contribution in [0.4, 0.5) is 0 Å². The van der Waals surface area contributed by atoms with Gasteiger partial charge < -0.3 is 4.74 Å². The number of ether oxygens (including phenoxy) is 1. The highest BCUT2D eigenvalue weighted by atomic mass is 16.5. The number of amides is 2. The largest absolute Gasteiger partial charge is 0.440 e. The Balaban J connectivity index is 1.50. The van der Waals surface area contributed by atoms with Crippen LogP contribution in [0, 0.1) is 0 Å². The molecule has 0 aliphatic carbocycles. The van der Waals surface area contributed by atoms with Gasteiger partial charge in [-0.3, -0.25) is 9.59 Å². The van der Waals surface area contributed by atoms with Crippen molar-refractivity contribution in [3.05, 3.63) is 95.6 Å². The molecular weight excluding hydrogens is 366 g/mol. The summed E-state index contributed by atoms with van der Waals surface area (Å²) in [6.07, 6.45) is 0. The molecule has 0 aromatic heterocycles. The molecule has 0 atom stereocenters. The van der Waals surface area contributed by atoms with Crippen LogP contribution in [0.15, 0.2) is 78.9 Å². The van der Waals surface area contributed by atoms with Gasteiger partial charge in [-0.2, -0.15) is 0 Å². The van der Waals surface area contributed by atoms with Gasteiger partial charge in [0.25, 0.3) is 11.8 Å². The van der Waals surface area contributed by atoms with Crippen LogP contribution < -0.4 is 0 Å². The third-order valence-electron chi connectivity index (χ3n) is 5.18. The van der Waals surface area contributed by atoms with Crippen molar-refractivity contribution >= 4 is 39.3 Å². The molecule has 0 unspecified atom stereocenters. The molecule has 4 aromatic rings. The summed E-state index contributed by atoms with van der Waals surface area (Å²) < 4.78 is 5.45. The Labute approximate surface area is 166 Å². The molecule has 0 N–H and O–H groups in total. The Morgan fingerprint density at radius 1 is 0.724 bits per heavy atom. The number of carbonyl (C=O) groups excluding carboxylic acids is 3. The second kappa shape index (κ2) is 6.56. The van der Waals surface area contributed by atoms with Crippen molar-refractivity contribution in [2.75, 3.05) is 6.73 Å². The summed E-state index contributed by atoms with van der Waals surface area (Å²) in [5.41, 5.74) is 1.07. The van der Waals surface area contributed by atoms with Gasteiger partial charge in [-0.1, -0.05) is 60.7 Å². The first-order chi connectivity index (χ1) is 14.1. The number of benzene rings is 4. The Kier molecular flexibility index (Phi) is 3.88. The summed E-state index contributed by atoms with van der Waals surface area (Å²) in [6, 6.07) is 23.7. The topological polar surface area (TPSA) is 63.7 Å². The van der Waals surface area contributed by atoms with E-state index in [0.717, 1.165) is 26.4 Å². The predicted molar refractivity (Wildman–Crippen MR) is 109 cm³/mol. The lowest BCUT2D eigenvalue weighted by Crippen LogP contribution is -2.33. The number of rotatable bonds is 3. The smallest absolute Gasteiger partial charge is 0.341 e. The van der Waals surface area contributed by atoms with Gasteiger partial charge in [0.15, 0.2) is 6.73 Å². The lowest BCUT2D eigenvalue weighted by atomic mass is 9.97. The fraction of sp³-hybridized carbons (Fsp3) is 0.0417. The minimum Gasteiger partial charge on any atom is -0.440 e. The van der Waals surface area contributed by atoms with Crippen molar-refractivity contribution in [2.45, 2.75) is 0 Å². The number of imide groups is 1. The van der Waals surface area contributed by atoms with E-state index in [1.165, 1.54) is 0 Å². The van der Waals surface area contributed by atoms with Gasteiger partial charge >= 0.3 is 5.97 Å². The minimum absolute atomic E-state index is 0.323. The first-order valence-electron chi connectivity index (χ1n) is 9.18. The van der Waals surface area contributed by atoms with Crippen molar-refractivity contribution in [3.63, 3.8) is 0 Å². The molecule has 140 valence electrons. The fourth-order valence-electron chi connectivity index (χ4n) is 3.79. The molecular formula is C24H15NO4. The normalized spacial score (nSPS) is 13.2. The molecule has 2 amide bonds. The summed E-state index contributed by atoms with van der Waals surface area (Å²) in [6.45, 7) is -0.428. The highest BCUT2D eigenvalue weighted by Gasteiger charge is 2.36. The second-order valence-corrected chi connectivity index (χ2v) is 6.84. The number of hydrogen-bond donors (Lipinski definition) is 0. The SMILES string of the molecule is O=C(OCN1C(=O)c2ccccc2C1=O)c1c2ccccc2cc2ccccc12. The zero-order chi connectivity index (χ0) is 20.0. The maximum atomic E-state index is 13.0. The zero-order valence-corrected chi connectivity index (χ0v) is 15.3. The van der Waals surface area contributed by atoms with E-state index >= 15 is 0 Å².